The highest BCUT2D eigenvalue weighted by Gasteiger charge is 2.17. The Hall–Kier alpha value is -4.48. The number of ether oxygens (including phenoxy) is 2. The molecule has 0 aliphatic carbocycles. The van der Waals surface area contributed by atoms with Crippen LogP contribution in [0, 0.1) is 11.3 Å². The Labute approximate surface area is 199 Å². The van der Waals surface area contributed by atoms with E-state index in [4.69, 9.17) is 26.3 Å². The molecule has 0 saturated carbocycles. The third-order valence-electron chi connectivity index (χ3n) is 5.48. The van der Waals surface area contributed by atoms with Crippen molar-refractivity contribution in [3.63, 3.8) is 0 Å². The van der Waals surface area contributed by atoms with E-state index in [9.17, 15) is 9.90 Å². The van der Waals surface area contributed by atoms with Crippen molar-refractivity contribution in [3.05, 3.63) is 88.1 Å². The molecule has 1 amide bonds. The summed E-state index contributed by atoms with van der Waals surface area (Å²) in [4.78, 5) is 12.3. The number of phenols is 1. The van der Waals surface area contributed by atoms with E-state index in [1.54, 1.807) is 12.3 Å². The maximum atomic E-state index is 12.3. The molecule has 0 saturated heterocycles. The van der Waals surface area contributed by atoms with E-state index < -0.39 is 5.91 Å². The number of aromatic nitrogens is 1. The molecule has 0 bridgehead atoms. The summed E-state index contributed by atoms with van der Waals surface area (Å²) in [5, 5.41) is 24.2. The quantitative estimate of drug-likeness (QED) is 0.330. The average molecular weight is 473 g/mol. The molecule has 1 aromatic heterocycles. The van der Waals surface area contributed by atoms with Crippen molar-refractivity contribution in [2.45, 2.75) is 6.54 Å². The zero-order valence-corrected chi connectivity index (χ0v) is 18.4. The fourth-order valence-electron chi connectivity index (χ4n) is 3.75. The van der Waals surface area contributed by atoms with Gasteiger partial charge >= 0.3 is 0 Å². The summed E-state index contributed by atoms with van der Waals surface area (Å²) in [5.74, 6) is 0.647. The number of hydrogen-bond acceptors (Lipinski definition) is 6. The van der Waals surface area contributed by atoms with E-state index in [1.165, 1.54) is 18.2 Å². The Morgan fingerprint density at radius 3 is 2.85 bits per heavy atom. The van der Waals surface area contributed by atoms with Gasteiger partial charge in [0, 0.05) is 45.9 Å². The van der Waals surface area contributed by atoms with Gasteiger partial charge in [-0.05, 0) is 42.0 Å². The van der Waals surface area contributed by atoms with Gasteiger partial charge in [-0.2, -0.15) is 10.4 Å². The van der Waals surface area contributed by atoms with Gasteiger partial charge in [0.25, 0.3) is 5.91 Å². The summed E-state index contributed by atoms with van der Waals surface area (Å²) >= 11 is 6.44. The summed E-state index contributed by atoms with van der Waals surface area (Å²) in [6, 6.07) is 17.3. The minimum absolute atomic E-state index is 0.0188. The Bertz CT molecular complexity index is 1500. The molecule has 9 heteroatoms. The van der Waals surface area contributed by atoms with Gasteiger partial charge in [-0.1, -0.05) is 23.7 Å². The summed E-state index contributed by atoms with van der Waals surface area (Å²) in [6.45, 7) is 0.728. The van der Waals surface area contributed by atoms with Gasteiger partial charge in [0.1, 0.15) is 11.8 Å². The molecule has 8 nitrogen and oxygen atoms in total. The van der Waals surface area contributed by atoms with E-state index in [-0.39, 0.29) is 23.7 Å². The highest BCUT2D eigenvalue weighted by atomic mass is 35.5. The fourth-order valence-corrected chi connectivity index (χ4v) is 3.97. The number of hydrazone groups is 1. The Morgan fingerprint density at radius 1 is 1.21 bits per heavy atom. The first-order chi connectivity index (χ1) is 16.5. The normalized spacial score (nSPS) is 12.2. The second-order valence-corrected chi connectivity index (χ2v) is 7.97. The van der Waals surface area contributed by atoms with Gasteiger partial charge in [-0.25, -0.2) is 5.43 Å². The lowest BCUT2D eigenvalue weighted by atomic mass is 10.1. The minimum Gasteiger partial charge on any atom is -0.507 e. The number of nitrogens with one attached hydrogen (secondary N) is 1. The lowest BCUT2D eigenvalue weighted by Crippen LogP contribution is -2.17. The number of aromatic hydroxyl groups is 1. The molecule has 0 fully saturated rings. The van der Waals surface area contributed by atoms with Crippen molar-refractivity contribution >= 4 is 34.6 Å². The third kappa shape index (κ3) is 4.00. The molecule has 3 aromatic carbocycles. The summed E-state index contributed by atoms with van der Waals surface area (Å²) in [6.07, 6.45) is 3.52. The molecule has 34 heavy (non-hydrogen) atoms. The van der Waals surface area contributed by atoms with Crippen LogP contribution in [-0.2, 0) is 6.54 Å². The van der Waals surface area contributed by atoms with Crippen LogP contribution >= 0.6 is 11.6 Å². The molecule has 0 unspecified atom stereocenters. The molecular weight excluding hydrogens is 456 g/mol. The number of halogens is 1. The number of nitriles is 1. The number of fused-ring (bicyclic) bond motifs is 2. The highest BCUT2D eigenvalue weighted by Crippen LogP contribution is 2.37. The van der Waals surface area contributed by atoms with Gasteiger partial charge in [0.2, 0.25) is 6.79 Å². The van der Waals surface area contributed by atoms with E-state index in [1.807, 2.05) is 42.6 Å². The molecule has 0 atom stereocenters. The summed E-state index contributed by atoms with van der Waals surface area (Å²) in [5.41, 5.74) is 5.38. The van der Waals surface area contributed by atoms with Crippen molar-refractivity contribution in [2.24, 2.45) is 5.10 Å². The van der Waals surface area contributed by atoms with Crippen LogP contribution in [0.2, 0.25) is 5.02 Å². The van der Waals surface area contributed by atoms with Crippen molar-refractivity contribution < 1.29 is 19.4 Å². The maximum Gasteiger partial charge on any atom is 0.271 e. The predicted molar refractivity (Wildman–Crippen MR) is 126 cm³/mol. The molecule has 0 radical (unpaired) electrons. The van der Waals surface area contributed by atoms with Gasteiger partial charge in [-0.15, -0.1) is 0 Å². The molecule has 168 valence electrons. The van der Waals surface area contributed by atoms with Crippen molar-refractivity contribution in [1.29, 1.82) is 5.26 Å². The Balaban J connectivity index is 1.35. The largest absolute Gasteiger partial charge is 0.507 e. The second-order valence-electron chi connectivity index (χ2n) is 7.56. The molecular formula is C25H17ClN4O4. The van der Waals surface area contributed by atoms with Crippen LogP contribution in [0.15, 0.2) is 65.9 Å². The molecule has 1 aliphatic heterocycles. The average Bonchev–Trinajstić information content (AvgIpc) is 3.46. The second kappa shape index (κ2) is 8.81. The van der Waals surface area contributed by atoms with Crippen molar-refractivity contribution in [2.75, 3.05) is 6.79 Å². The number of rotatable bonds is 5. The molecule has 2 N–H and O–H groups in total. The molecule has 4 aromatic rings. The number of amides is 1. The van der Waals surface area contributed by atoms with E-state index >= 15 is 0 Å². The van der Waals surface area contributed by atoms with Crippen LogP contribution in [-0.4, -0.2) is 28.6 Å². The van der Waals surface area contributed by atoms with Crippen LogP contribution < -0.4 is 14.9 Å². The monoisotopic (exact) mass is 472 g/mol. The van der Waals surface area contributed by atoms with Crippen LogP contribution in [0.5, 0.6) is 17.2 Å². The first-order valence-electron chi connectivity index (χ1n) is 10.3. The first kappa shape index (κ1) is 21.4. The minimum atomic E-state index is -0.491. The fraction of sp³-hybridized carbons (Fsp3) is 0.0800. The van der Waals surface area contributed by atoms with Gasteiger partial charge in [0.05, 0.1) is 11.8 Å². The predicted octanol–water partition coefficient (Wildman–Crippen LogP) is 4.41. The Morgan fingerprint density at radius 2 is 2.03 bits per heavy atom. The maximum absolute atomic E-state index is 12.3. The van der Waals surface area contributed by atoms with Crippen LogP contribution in [0.1, 0.15) is 27.0 Å². The van der Waals surface area contributed by atoms with E-state index in [2.05, 4.69) is 15.1 Å². The molecule has 0 spiro atoms. The lowest BCUT2D eigenvalue weighted by molar-refractivity contribution is 0.0955. The van der Waals surface area contributed by atoms with Gasteiger partial charge in [-0.3, -0.25) is 4.79 Å². The van der Waals surface area contributed by atoms with Crippen LogP contribution in [0.3, 0.4) is 0 Å². The van der Waals surface area contributed by atoms with E-state index in [0.29, 0.717) is 23.1 Å². The first-order valence-corrected chi connectivity index (χ1v) is 10.6. The molecule has 5 rings (SSSR count). The smallest absolute Gasteiger partial charge is 0.271 e. The van der Waals surface area contributed by atoms with Gasteiger partial charge < -0.3 is 19.1 Å². The van der Waals surface area contributed by atoms with Crippen molar-refractivity contribution in [3.8, 4) is 23.3 Å². The SMILES string of the molecule is N#Cc1cc(C(=O)NN=Cc2cccc3c2ccn3Cc2cc3c(cc2Cl)OCO3)ccc1O. The number of nitrogens with zero attached hydrogens (tertiary/aromatic N) is 3. The number of hydrogen-bond donors (Lipinski definition) is 2. The number of phenolic OH excluding ortho intramolecular Hbond substituents is 1. The lowest BCUT2D eigenvalue weighted by Gasteiger charge is -2.09. The number of carbonyl (C=O) groups is 1. The van der Waals surface area contributed by atoms with Gasteiger partial charge in [0.15, 0.2) is 11.5 Å². The van der Waals surface area contributed by atoms with Crippen molar-refractivity contribution in [1.82, 2.24) is 9.99 Å². The topological polar surface area (TPSA) is 109 Å². The summed E-state index contributed by atoms with van der Waals surface area (Å²) < 4.78 is 12.9. The zero-order chi connectivity index (χ0) is 23.7. The number of benzene rings is 3. The van der Waals surface area contributed by atoms with Crippen LogP contribution in [0.4, 0.5) is 0 Å². The molecule has 1 aliphatic rings. The third-order valence-corrected chi connectivity index (χ3v) is 5.83. The van der Waals surface area contributed by atoms with E-state index in [0.717, 1.165) is 22.0 Å². The Kier molecular flexibility index (Phi) is 5.54. The summed E-state index contributed by atoms with van der Waals surface area (Å²) in [7, 11) is 0. The highest BCUT2D eigenvalue weighted by molar-refractivity contribution is 6.31. The standard InChI is InChI=1S/C25H17ClN4O4/c26-20-10-24-23(33-14-34-24)9-18(20)13-30-7-6-19-16(2-1-3-21(19)30)12-28-29-25(32)15-4-5-22(31)17(8-15)11-27/h1-10,12,31H,13-14H2,(H,29,32). The zero-order valence-electron chi connectivity index (χ0n) is 17.7. The number of carbonyl (C=O) groups excluding carboxylic acids is 1. The van der Waals surface area contributed by atoms with Crippen LogP contribution in [0.25, 0.3) is 10.9 Å². The molecule has 2 heterocycles.